The molecule has 56 heavy (non-hydrogen) atoms. The number of carbonyl (C=O) groups is 1. The molecule has 0 spiro atoms. The number of rotatable bonds is 36. The van der Waals surface area contributed by atoms with Gasteiger partial charge in [-0.25, -0.2) is 0 Å². The van der Waals surface area contributed by atoms with Crippen LogP contribution in [0.25, 0.3) is 0 Å². The lowest BCUT2D eigenvalue weighted by Gasteiger charge is -2.40. The van der Waals surface area contributed by atoms with Crippen LogP contribution in [0, 0.1) is 0 Å². The standard InChI is InChI=1S/C47H83NO8/c1-3-5-7-9-11-13-14-15-16-17-18-19-20-21-22-23-24-25-26-27-28-29-31-33-35-37-43(51)48-40(41(50)36-34-32-30-12-10-8-6-4-2)39-55-47-46(54)45(53)44(52)42(38-49)56-47/h10,12,14-15,17-18,20-21,34,36,40-42,44-47,49-50,52-54H,3-9,11,13,16,19,22-33,35,37-39H2,1-2H3,(H,48,51)/b12-10+,15-14-,18-17-,21-20-,36-34+. The van der Waals surface area contributed by atoms with E-state index in [1.807, 2.05) is 6.08 Å². The Morgan fingerprint density at radius 1 is 0.607 bits per heavy atom. The lowest BCUT2D eigenvalue weighted by atomic mass is 9.99. The SMILES string of the molecule is CCCC/C=C/CC/C=C/C(O)C(COC1OC(CO)C(O)C(O)C1O)NC(=O)CCCCCCCCCCCC/C=C\C/C=C\C/C=C\CCCCCCC. The molecule has 1 aliphatic rings. The normalized spacial score (nSPS) is 21.7. The molecule has 324 valence electrons. The second kappa shape index (κ2) is 37.2. The molecule has 0 bridgehead atoms. The van der Waals surface area contributed by atoms with Crippen LogP contribution in [0.1, 0.15) is 174 Å². The van der Waals surface area contributed by atoms with E-state index in [1.54, 1.807) is 6.08 Å². The van der Waals surface area contributed by atoms with Gasteiger partial charge in [-0.2, -0.15) is 0 Å². The van der Waals surface area contributed by atoms with Gasteiger partial charge in [-0.05, 0) is 64.2 Å². The summed E-state index contributed by atoms with van der Waals surface area (Å²) in [6.45, 7) is 3.65. The third-order valence-electron chi connectivity index (χ3n) is 10.3. The molecule has 9 nitrogen and oxygen atoms in total. The average molecular weight is 790 g/mol. The van der Waals surface area contributed by atoms with Gasteiger partial charge in [0.1, 0.15) is 24.4 Å². The van der Waals surface area contributed by atoms with Gasteiger partial charge in [0, 0.05) is 6.42 Å². The first-order valence-electron chi connectivity index (χ1n) is 22.5. The fourth-order valence-electron chi connectivity index (χ4n) is 6.63. The van der Waals surface area contributed by atoms with E-state index in [2.05, 4.69) is 67.8 Å². The minimum Gasteiger partial charge on any atom is -0.394 e. The molecule has 7 unspecified atom stereocenters. The Morgan fingerprint density at radius 3 is 1.68 bits per heavy atom. The Labute approximate surface area is 341 Å². The molecular weight excluding hydrogens is 707 g/mol. The van der Waals surface area contributed by atoms with Crippen LogP contribution >= 0.6 is 0 Å². The summed E-state index contributed by atoms with van der Waals surface area (Å²) in [5.41, 5.74) is 0. The van der Waals surface area contributed by atoms with Crippen molar-refractivity contribution in [3.8, 4) is 0 Å². The second-order valence-electron chi connectivity index (χ2n) is 15.5. The zero-order valence-electron chi connectivity index (χ0n) is 35.4. The maximum Gasteiger partial charge on any atom is 0.220 e. The van der Waals surface area contributed by atoms with Crippen LogP contribution in [0.5, 0.6) is 0 Å². The van der Waals surface area contributed by atoms with Gasteiger partial charge in [0.2, 0.25) is 5.91 Å². The second-order valence-corrected chi connectivity index (χ2v) is 15.5. The van der Waals surface area contributed by atoms with E-state index in [4.69, 9.17) is 9.47 Å². The Morgan fingerprint density at radius 2 is 1.09 bits per heavy atom. The van der Waals surface area contributed by atoms with Gasteiger partial charge in [-0.15, -0.1) is 0 Å². The highest BCUT2D eigenvalue weighted by Gasteiger charge is 2.44. The summed E-state index contributed by atoms with van der Waals surface area (Å²) in [6.07, 6.45) is 41.5. The monoisotopic (exact) mass is 790 g/mol. The number of unbranched alkanes of at least 4 members (excludes halogenated alkanes) is 18. The van der Waals surface area contributed by atoms with Crippen LogP contribution in [0.4, 0.5) is 0 Å². The molecule has 0 aromatic carbocycles. The Hall–Kier alpha value is -2.11. The van der Waals surface area contributed by atoms with Crippen molar-refractivity contribution < 1.29 is 39.8 Å². The van der Waals surface area contributed by atoms with Crippen LogP contribution in [0.15, 0.2) is 60.8 Å². The van der Waals surface area contributed by atoms with E-state index in [-0.39, 0.29) is 12.5 Å². The molecule has 9 heteroatoms. The number of hydrogen-bond acceptors (Lipinski definition) is 8. The van der Waals surface area contributed by atoms with Crippen molar-refractivity contribution in [3.63, 3.8) is 0 Å². The Bertz CT molecular complexity index is 1060. The molecule has 1 saturated heterocycles. The van der Waals surface area contributed by atoms with Crippen LogP contribution in [-0.4, -0.2) is 87.5 Å². The molecule has 7 atom stereocenters. The summed E-state index contributed by atoms with van der Waals surface area (Å²) >= 11 is 0. The van der Waals surface area contributed by atoms with Crippen molar-refractivity contribution in [1.82, 2.24) is 5.32 Å². The summed E-state index contributed by atoms with van der Waals surface area (Å²) in [5.74, 6) is -0.198. The minimum absolute atomic E-state index is 0.198. The van der Waals surface area contributed by atoms with Crippen LogP contribution < -0.4 is 5.32 Å². The zero-order chi connectivity index (χ0) is 40.9. The topological polar surface area (TPSA) is 149 Å². The van der Waals surface area contributed by atoms with Crippen LogP contribution in [0.3, 0.4) is 0 Å². The number of carbonyl (C=O) groups excluding carboxylic acids is 1. The first kappa shape index (κ1) is 51.9. The fourth-order valence-corrected chi connectivity index (χ4v) is 6.63. The molecule has 1 amide bonds. The van der Waals surface area contributed by atoms with Crippen molar-refractivity contribution in [1.29, 1.82) is 0 Å². The highest BCUT2D eigenvalue weighted by atomic mass is 16.7. The summed E-state index contributed by atoms with van der Waals surface area (Å²) in [4.78, 5) is 12.9. The summed E-state index contributed by atoms with van der Waals surface area (Å²) in [5, 5.41) is 53.9. The maximum absolute atomic E-state index is 12.9. The number of amides is 1. The van der Waals surface area contributed by atoms with E-state index in [1.165, 1.54) is 83.5 Å². The molecule has 6 N–H and O–H groups in total. The van der Waals surface area contributed by atoms with E-state index in [0.29, 0.717) is 6.42 Å². The van der Waals surface area contributed by atoms with Crippen LogP contribution in [-0.2, 0) is 14.3 Å². The van der Waals surface area contributed by atoms with Gasteiger partial charge in [0.15, 0.2) is 6.29 Å². The van der Waals surface area contributed by atoms with Crippen molar-refractivity contribution in [2.24, 2.45) is 0 Å². The molecule has 1 rings (SSSR count). The van der Waals surface area contributed by atoms with Gasteiger partial charge in [0.05, 0.1) is 25.4 Å². The summed E-state index contributed by atoms with van der Waals surface area (Å²) in [6, 6.07) is -0.823. The molecule has 1 aliphatic heterocycles. The lowest BCUT2D eigenvalue weighted by molar-refractivity contribution is -0.302. The van der Waals surface area contributed by atoms with Crippen molar-refractivity contribution in [2.45, 2.75) is 217 Å². The van der Waals surface area contributed by atoms with E-state index < -0.39 is 49.5 Å². The smallest absolute Gasteiger partial charge is 0.220 e. The van der Waals surface area contributed by atoms with Gasteiger partial charge in [0.25, 0.3) is 0 Å². The number of aliphatic hydroxyl groups excluding tert-OH is 5. The number of ether oxygens (including phenoxy) is 2. The fraction of sp³-hybridized carbons (Fsp3) is 0.766. The molecular formula is C47H83NO8. The molecule has 1 heterocycles. The number of allylic oxidation sites excluding steroid dienone is 9. The van der Waals surface area contributed by atoms with E-state index >= 15 is 0 Å². The Balaban J connectivity index is 2.24. The quantitative estimate of drug-likeness (QED) is 0.0272. The van der Waals surface area contributed by atoms with Gasteiger partial charge >= 0.3 is 0 Å². The van der Waals surface area contributed by atoms with E-state index in [0.717, 1.165) is 70.6 Å². The maximum atomic E-state index is 12.9. The zero-order valence-corrected chi connectivity index (χ0v) is 35.4. The van der Waals surface area contributed by atoms with E-state index in [9.17, 15) is 30.3 Å². The summed E-state index contributed by atoms with van der Waals surface area (Å²) < 4.78 is 11.1. The van der Waals surface area contributed by atoms with Crippen molar-refractivity contribution in [2.75, 3.05) is 13.2 Å². The van der Waals surface area contributed by atoms with Crippen molar-refractivity contribution in [3.05, 3.63) is 60.8 Å². The number of hydrogen-bond donors (Lipinski definition) is 6. The highest BCUT2D eigenvalue weighted by molar-refractivity contribution is 5.76. The first-order valence-corrected chi connectivity index (χ1v) is 22.5. The predicted molar refractivity (Wildman–Crippen MR) is 230 cm³/mol. The summed E-state index contributed by atoms with van der Waals surface area (Å²) in [7, 11) is 0. The number of nitrogens with one attached hydrogen (secondary N) is 1. The largest absolute Gasteiger partial charge is 0.394 e. The average Bonchev–Trinajstić information content (AvgIpc) is 3.20. The molecule has 0 aromatic rings. The third kappa shape index (κ3) is 27.5. The molecule has 0 saturated carbocycles. The van der Waals surface area contributed by atoms with Gasteiger partial charge in [-0.3, -0.25) is 4.79 Å². The lowest BCUT2D eigenvalue weighted by Crippen LogP contribution is -2.60. The van der Waals surface area contributed by atoms with Crippen LogP contribution in [0.2, 0.25) is 0 Å². The minimum atomic E-state index is -1.57. The predicted octanol–water partition coefficient (Wildman–Crippen LogP) is 9.22. The highest BCUT2D eigenvalue weighted by Crippen LogP contribution is 2.22. The molecule has 0 radical (unpaired) electrons. The first-order chi connectivity index (χ1) is 27.3. The molecule has 0 aromatic heterocycles. The van der Waals surface area contributed by atoms with Gasteiger partial charge < -0.3 is 40.3 Å². The number of aliphatic hydroxyl groups is 5. The van der Waals surface area contributed by atoms with Crippen molar-refractivity contribution >= 4 is 5.91 Å². The molecule has 0 aliphatic carbocycles. The molecule has 1 fully saturated rings. The Kier molecular flexibility index (Phi) is 34.5. The van der Waals surface area contributed by atoms with Gasteiger partial charge in [-0.1, -0.05) is 164 Å². The third-order valence-corrected chi connectivity index (χ3v) is 10.3.